The zero-order chi connectivity index (χ0) is 17.7. The molecule has 0 N–H and O–H groups in total. The minimum Gasteiger partial charge on any atom is -0.467 e. The summed E-state index contributed by atoms with van der Waals surface area (Å²) in [6.07, 6.45) is -5.64. The van der Waals surface area contributed by atoms with Crippen LogP contribution in [0.2, 0.25) is 0 Å². The molecule has 1 aliphatic heterocycles. The van der Waals surface area contributed by atoms with Crippen LogP contribution in [0.5, 0.6) is 0 Å². The van der Waals surface area contributed by atoms with E-state index in [1.165, 1.54) is 13.8 Å². The molecule has 23 heavy (non-hydrogen) atoms. The van der Waals surface area contributed by atoms with Crippen molar-refractivity contribution in [2.75, 3.05) is 7.11 Å². The Hall–Kier alpha value is -2.16. The summed E-state index contributed by atoms with van der Waals surface area (Å²) in [5.74, 6) is -2.86. The van der Waals surface area contributed by atoms with Crippen molar-refractivity contribution in [3.05, 3.63) is 0 Å². The first-order chi connectivity index (χ1) is 10.7. The molecule has 130 valence electrons. The fraction of sp³-hybridized carbons (Fsp3) is 0.714. The van der Waals surface area contributed by atoms with E-state index < -0.39 is 54.4 Å². The zero-order valence-corrected chi connectivity index (χ0v) is 13.6. The summed E-state index contributed by atoms with van der Waals surface area (Å²) in [6, 6.07) is 0. The highest BCUT2D eigenvalue weighted by molar-refractivity contribution is 5.77. The molecular weight excluding hydrogens is 312 g/mol. The summed E-state index contributed by atoms with van der Waals surface area (Å²) in [5.41, 5.74) is 0. The van der Waals surface area contributed by atoms with Crippen LogP contribution < -0.4 is 0 Å². The Labute approximate surface area is 133 Å². The molecule has 1 heterocycles. The molecule has 0 aromatic heterocycles. The first-order valence-electron chi connectivity index (χ1n) is 6.92. The van der Waals surface area contributed by atoms with Crippen molar-refractivity contribution < 1.29 is 42.9 Å². The molecule has 0 bridgehead atoms. The molecule has 0 aliphatic carbocycles. The highest BCUT2D eigenvalue weighted by atomic mass is 16.7. The lowest BCUT2D eigenvalue weighted by atomic mass is 9.94. The number of esters is 4. The second kappa shape index (κ2) is 7.91. The van der Waals surface area contributed by atoms with E-state index >= 15 is 0 Å². The van der Waals surface area contributed by atoms with Crippen molar-refractivity contribution in [1.29, 1.82) is 0 Å². The molecule has 5 atom stereocenters. The molecule has 1 saturated heterocycles. The van der Waals surface area contributed by atoms with Gasteiger partial charge in [-0.2, -0.15) is 0 Å². The van der Waals surface area contributed by atoms with E-state index in [2.05, 4.69) is 4.74 Å². The smallest absolute Gasteiger partial charge is 0.339 e. The van der Waals surface area contributed by atoms with Crippen molar-refractivity contribution in [2.45, 2.75) is 58.2 Å². The highest BCUT2D eigenvalue weighted by Crippen LogP contribution is 2.29. The van der Waals surface area contributed by atoms with Crippen LogP contribution in [0.1, 0.15) is 27.7 Å². The molecular formula is C14H20O9. The van der Waals surface area contributed by atoms with Gasteiger partial charge in [-0.15, -0.1) is 0 Å². The largest absolute Gasteiger partial charge is 0.467 e. The van der Waals surface area contributed by atoms with Gasteiger partial charge in [0.05, 0.1) is 13.2 Å². The Bertz CT molecular complexity index is 487. The summed E-state index contributed by atoms with van der Waals surface area (Å²) in [6.45, 7) is 4.97. The Morgan fingerprint density at radius 1 is 0.783 bits per heavy atom. The van der Waals surface area contributed by atoms with Gasteiger partial charge in [-0.1, -0.05) is 0 Å². The Morgan fingerprint density at radius 2 is 1.22 bits per heavy atom. The summed E-state index contributed by atoms with van der Waals surface area (Å²) >= 11 is 0. The molecule has 1 rings (SSSR count). The maximum atomic E-state index is 11.9. The van der Waals surface area contributed by atoms with E-state index in [0.29, 0.717) is 0 Å². The molecule has 0 aromatic carbocycles. The van der Waals surface area contributed by atoms with Gasteiger partial charge in [0.15, 0.2) is 24.4 Å². The summed E-state index contributed by atoms with van der Waals surface area (Å²) < 4.78 is 25.4. The van der Waals surface area contributed by atoms with Crippen LogP contribution >= 0.6 is 0 Å². The van der Waals surface area contributed by atoms with Gasteiger partial charge in [0.1, 0.15) is 0 Å². The summed E-state index contributed by atoms with van der Waals surface area (Å²) in [5, 5.41) is 0. The molecule has 0 radical (unpaired) electrons. The normalized spacial score (nSPS) is 30.0. The molecule has 0 spiro atoms. The van der Waals surface area contributed by atoms with Crippen LogP contribution in [0.25, 0.3) is 0 Å². The first kappa shape index (κ1) is 18.9. The first-order valence-corrected chi connectivity index (χ1v) is 6.92. The fourth-order valence-electron chi connectivity index (χ4n) is 2.32. The standard InChI is InChI=1S/C14H20O9/c1-6-10(21-7(2)15)11(22-8(3)16)12(23-9(4)17)13(20-6)14(18)19-5/h6,10-13H,1-5H3/t6?,10-,11+,12-,13-/m0/s1. The number of ether oxygens (including phenoxy) is 5. The second-order valence-corrected chi connectivity index (χ2v) is 5.01. The van der Waals surface area contributed by atoms with Crippen LogP contribution in [0.15, 0.2) is 0 Å². The monoisotopic (exact) mass is 332 g/mol. The number of rotatable bonds is 4. The van der Waals surface area contributed by atoms with Gasteiger partial charge in [0, 0.05) is 20.8 Å². The number of hydrogen-bond donors (Lipinski definition) is 0. The van der Waals surface area contributed by atoms with E-state index in [9.17, 15) is 19.2 Å². The van der Waals surface area contributed by atoms with E-state index in [1.807, 2.05) is 0 Å². The van der Waals surface area contributed by atoms with Gasteiger partial charge < -0.3 is 23.7 Å². The van der Waals surface area contributed by atoms with E-state index in [1.54, 1.807) is 0 Å². The minimum atomic E-state index is -1.31. The van der Waals surface area contributed by atoms with Gasteiger partial charge >= 0.3 is 23.9 Å². The third kappa shape index (κ3) is 4.92. The molecule has 1 aliphatic rings. The van der Waals surface area contributed by atoms with Crippen molar-refractivity contribution in [2.24, 2.45) is 0 Å². The lowest BCUT2D eigenvalue weighted by molar-refractivity contribution is -0.245. The predicted molar refractivity (Wildman–Crippen MR) is 73.0 cm³/mol. The van der Waals surface area contributed by atoms with Gasteiger partial charge in [0.2, 0.25) is 0 Å². The van der Waals surface area contributed by atoms with E-state index in [0.717, 1.165) is 21.0 Å². The molecule has 0 amide bonds. The Kier molecular flexibility index (Phi) is 6.49. The quantitative estimate of drug-likeness (QED) is 0.507. The number of carbonyl (C=O) groups excluding carboxylic acids is 4. The van der Waals surface area contributed by atoms with Gasteiger partial charge in [-0.05, 0) is 6.92 Å². The average molecular weight is 332 g/mol. The van der Waals surface area contributed by atoms with E-state index in [-0.39, 0.29) is 0 Å². The molecule has 0 saturated carbocycles. The minimum absolute atomic E-state index is 0.638. The van der Waals surface area contributed by atoms with Crippen LogP contribution in [0.4, 0.5) is 0 Å². The Balaban J connectivity index is 3.21. The summed E-state index contributed by atoms with van der Waals surface area (Å²) in [7, 11) is 1.14. The lowest BCUT2D eigenvalue weighted by Gasteiger charge is -2.42. The van der Waals surface area contributed by atoms with Crippen molar-refractivity contribution in [1.82, 2.24) is 0 Å². The van der Waals surface area contributed by atoms with Crippen LogP contribution in [-0.2, 0) is 42.9 Å². The molecule has 1 unspecified atom stereocenters. The topological polar surface area (TPSA) is 114 Å². The second-order valence-electron chi connectivity index (χ2n) is 5.01. The molecule has 1 fully saturated rings. The van der Waals surface area contributed by atoms with Crippen molar-refractivity contribution in [3.63, 3.8) is 0 Å². The average Bonchev–Trinajstić information content (AvgIpc) is 2.43. The van der Waals surface area contributed by atoms with Gasteiger partial charge in [-0.3, -0.25) is 14.4 Å². The lowest BCUT2D eigenvalue weighted by Crippen LogP contribution is -2.62. The SMILES string of the molecule is COC(=O)[C@H]1OC(C)[C@H](OC(C)=O)[C@@H](OC(C)=O)[C@@H]1OC(C)=O. The number of carbonyl (C=O) groups is 4. The number of methoxy groups -OCH3 is 1. The van der Waals surface area contributed by atoms with Crippen LogP contribution in [-0.4, -0.2) is 61.5 Å². The van der Waals surface area contributed by atoms with Crippen LogP contribution in [0.3, 0.4) is 0 Å². The number of hydrogen-bond acceptors (Lipinski definition) is 9. The Morgan fingerprint density at radius 3 is 1.65 bits per heavy atom. The molecule has 0 aromatic rings. The maximum Gasteiger partial charge on any atom is 0.339 e. The van der Waals surface area contributed by atoms with Gasteiger partial charge in [-0.25, -0.2) is 4.79 Å². The van der Waals surface area contributed by atoms with Crippen molar-refractivity contribution in [3.8, 4) is 0 Å². The third-order valence-electron chi connectivity index (χ3n) is 3.11. The van der Waals surface area contributed by atoms with E-state index in [4.69, 9.17) is 18.9 Å². The van der Waals surface area contributed by atoms with Crippen molar-refractivity contribution >= 4 is 23.9 Å². The molecule has 9 heteroatoms. The molecule has 9 nitrogen and oxygen atoms in total. The summed E-state index contributed by atoms with van der Waals surface area (Å²) in [4.78, 5) is 45.8. The highest BCUT2D eigenvalue weighted by Gasteiger charge is 2.53. The predicted octanol–water partition coefficient (Wildman–Crippen LogP) is -0.258. The third-order valence-corrected chi connectivity index (χ3v) is 3.11. The van der Waals surface area contributed by atoms with Gasteiger partial charge in [0.25, 0.3) is 0 Å². The van der Waals surface area contributed by atoms with Crippen LogP contribution in [0, 0.1) is 0 Å². The fourth-order valence-corrected chi connectivity index (χ4v) is 2.32. The maximum absolute atomic E-state index is 11.9. The zero-order valence-electron chi connectivity index (χ0n) is 13.6.